The second-order valence-corrected chi connectivity index (χ2v) is 4.76. The van der Waals surface area contributed by atoms with Crippen molar-refractivity contribution in [2.24, 2.45) is 0 Å². The van der Waals surface area contributed by atoms with E-state index in [-0.39, 0.29) is 6.61 Å². The van der Waals surface area contributed by atoms with Crippen molar-refractivity contribution in [3.8, 4) is 5.75 Å². The van der Waals surface area contributed by atoms with Gasteiger partial charge in [0, 0.05) is 18.0 Å². The summed E-state index contributed by atoms with van der Waals surface area (Å²) in [5, 5.41) is 9.25. The highest BCUT2D eigenvalue weighted by Gasteiger charge is 2.07. The zero-order chi connectivity index (χ0) is 13.0. The van der Waals surface area contributed by atoms with Crippen LogP contribution in [0.2, 0.25) is 0 Å². The molecule has 0 bridgehead atoms. The maximum absolute atomic E-state index is 9.25. The van der Waals surface area contributed by atoms with E-state index in [1.807, 2.05) is 35.9 Å². The molecule has 0 spiro atoms. The van der Waals surface area contributed by atoms with Crippen LogP contribution < -0.4 is 4.74 Å². The molecule has 0 saturated heterocycles. The molecule has 1 N–H and O–H groups in total. The average Bonchev–Trinajstić information content (AvgIpc) is 2.77. The van der Waals surface area contributed by atoms with Gasteiger partial charge >= 0.3 is 0 Å². The van der Waals surface area contributed by atoms with Crippen molar-refractivity contribution in [2.45, 2.75) is 20.1 Å². The molecule has 18 heavy (non-hydrogen) atoms. The van der Waals surface area contributed by atoms with Gasteiger partial charge in [-0.25, -0.2) is 4.98 Å². The molecule has 0 fully saturated rings. The van der Waals surface area contributed by atoms with Crippen LogP contribution >= 0.6 is 15.9 Å². The molecule has 2 aromatic rings. The second-order valence-electron chi connectivity index (χ2n) is 3.90. The van der Waals surface area contributed by atoms with Crippen LogP contribution in [0, 0.1) is 6.92 Å². The molecule has 5 heteroatoms. The molecule has 1 heterocycles. The minimum Gasteiger partial charge on any atom is -0.490 e. The van der Waals surface area contributed by atoms with Gasteiger partial charge in [-0.2, -0.15) is 0 Å². The molecule has 1 aromatic carbocycles. The highest BCUT2D eigenvalue weighted by atomic mass is 79.9. The summed E-state index contributed by atoms with van der Waals surface area (Å²) in [5.41, 5.74) is 0.784. The number of hydrogen-bond acceptors (Lipinski definition) is 3. The second kappa shape index (κ2) is 6.02. The molecule has 2 rings (SSSR count). The van der Waals surface area contributed by atoms with Crippen LogP contribution in [0.15, 0.2) is 35.1 Å². The number of imidazole rings is 1. The molecule has 0 unspecified atom stereocenters. The lowest BCUT2D eigenvalue weighted by Crippen LogP contribution is -2.10. The molecule has 0 aliphatic heterocycles. The third kappa shape index (κ3) is 2.91. The van der Waals surface area contributed by atoms with Crippen molar-refractivity contribution >= 4 is 15.9 Å². The predicted octanol–water partition coefficient (Wildman–Crippen LogP) is 2.53. The fourth-order valence-corrected chi connectivity index (χ4v) is 2.25. The molecule has 4 nitrogen and oxygen atoms in total. The summed E-state index contributed by atoms with van der Waals surface area (Å²) < 4.78 is 8.61. The van der Waals surface area contributed by atoms with E-state index in [0.717, 1.165) is 22.4 Å². The van der Waals surface area contributed by atoms with Crippen molar-refractivity contribution in [1.29, 1.82) is 0 Å². The lowest BCUT2D eigenvalue weighted by molar-refractivity contribution is 0.256. The van der Waals surface area contributed by atoms with Gasteiger partial charge in [0.05, 0.1) is 17.6 Å². The van der Waals surface area contributed by atoms with E-state index in [0.29, 0.717) is 12.4 Å². The minimum atomic E-state index is -0.0289. The standard InChI is InChI=1S/C13H15BrN2O2/c1-10-15-5-6-16(10)7-8-18-13-11(9-17)3-2-4-12(13)14/h2-6,17H,7-9H2,1H3. The summed E-state index contributed by atoms with van der Waals surface area (Å²) >= 11 is 3.43. The highest BCUT2D eigenvalue weighted by molar-refractivity contribution is 9.10. The number of hydrogen-bond donors (Lipinski definition) is 1. The van der Waals surface area contributed by atoms with Crippen LogP contribution in [0.5, 0.6) is 5.75 Å². The van der Waals surface area contributed by atoms with Gasteiger partial charge in [-0.1, -0.05) is 12.1 Å². The van der Waals surface area contributed by atoms with Gasteiger partial charge < -0.3 is 14.4 Å². The first-order valence-corrected chi connectivity index (χ1v) is 6.50. The van der Waals surface area contributed by atoms with Gasteiger partial charge in [-0.3, -0.25) is 0 Å². The Bertz CT molecular complexity index is 525. The molecular formula is C13H15BrN2O2. The van der Waals surface area contributed by atoms with Gasteiger partial charge in [0.1, 0.15) is 18.2 Å². The number of benzene rings is 1. The van der Waals surface area contributed by atoms with Gasteiger partial charge in [0.15, 0.2) is 0 Å². The molecule has 0 radical (unpaired) electrons. The molecular weight excluding hydrogens is 296 g/mol. The van der Waals surface area contributed by atoms with Crippen molar-refractivity contribution in [1.82, 2.24) is 9.55 Å². The number of aromatic nitrogens is 2. The fourth-order valence-electron chi connectivity index (χ4n) is 1.73. The molecule has 0 saturated carbocycles. The number of halogens is 1. The number of rotatable bonds is 5. The van der Waals surface area contributed by atoms with Crippen LogP contribution in [0.1, 0.15) is 11.4 Å². The lowest BCUT2D eigenvalue weighted by Gasteiger charge is -2.12. The fraction of sp³-hybridized carbons (Fsp3) is 0.308. The number of aryl methyl sites for hydroxylation is 1. The number of para-hydroxylation sites is 1. The normalized spacial score (nSPS) is 10.6. The van der Waals surface area contributed by atoms with E-state index in [1.165, 1.54) is 0 Å². The Morgan fingerprint density at radius 3 is 2.94 bits per heavy atom. The average molecular weight is 311 g/mol. The number of nitrogens with zero attached hydrogens (tertiary/aromatic N) is 2. The number of aliphatic hydroxyl groups excluding tert-OH is 1. The maximum atomic E-state index is 9.25. The van der Waals surface area contributed by atoms with Crippen molar-refractivity contribution < 1.29 is 9.84 Å². The van der Waals surface area contributed by atoms with Crippen LogP contribution in [0.4, 0.5) is 0 Å². The van der Waals surface area contributed by atoms with Gasteiger partial charge in [-0.15, -0.1) is 0 Å². The monoisotopic (exact) mass is 310 g/mol. The number of aliphatic hydroxyl groups is 1. The Morgan fingerprint density at radius 1 is 1.44 bits per heavy atom. The van der Waals surface area contributed by atoms with Crippen LogP contribution in [-0.4, -0.2) is 21.3 Å². The molecule has 0 atom stereocenters. The van der Waals surface area contributed by atoms with Gasteiger partial charge in [0.25, 0.3) is 0 Å². The van der Waals surface area contributed by atoms with Crippen molar-refractivity contribution in [2.75, 3.05) is 6.61 Å². The van der Waals surface area contributed by atoms with E-state index in [9.17, 15) is 5.11 Å². The quantitative estimate of drug-likeness (QED) is 0.923. The van der Waals surface area contributed by atoms with Crippen LogP contribution in [-0.2, 0) is 13.2 Å². The summed E-state index contributed by atoms with van der Waals surface area (Å²) in [5.74, 6) is 1.67. The Labute approximate surface area is 114 Å². The largest absolute Gasteiger partial charge is 0.490 e. The topological polar surface area (TPSA) is 47.3 Å². The van der Waals surface area contributed by atoms with Crippen molar-refractivity contribution in [3.05, 3.63) is 46.5 Å². The first kappa shape index (κ1) is 13.1. The first-order valence-electron chi connectivity index (χ1n) is 5.71. The van der Waals surface area contributed by atoms with E-state index in [4.69, 9.17) is 4.74 Å². The Balaban J connectivity index is 2.00. The predicted molar refractivity (Wildman–Crippen MR) is 72.5 cm³/mol. The summed E-state index contributed by atoms with van der Waals surface area (Å²) in [4.78, 5) is 4.15. The molecule has 0 amide bonds. The molecule has 1 aromatic heterocycles. The third-order valence-corrected chi connectivity index (χ3v) is 3.35. The van der Waals surface area contributed by atoms with Gasteiger partial charge in [0.2, 0.25) is 0 Å². The Hall–Kier alpha value is -1.33. The molecule has 96 valence electrons. The first-order chi connectivity index (χ1) is 8.72. The minimum absolute atomic E-state index is 0.0289. The third-order valence-electron chi connectivity index (χ3n) is 2.72. The van der Waals surface area contributed by atoms with Crippen molar-refractivity contribution in [3.63, 3.8) is 0 Å². The number of ether oxygens (including phenoxy) is 1. The smallest absolute Gasteiger partial charge is 0.139 e. The SMILES string of the molecule is Cc1nccn1CCOc1c(Br)cccc1CO. The summed E-state index contributed by atoms with van der Waals surface area (Å²) in [7, 11) is 0. The zero-order valence-electron chi connectivity index (χ0n) is 10.1. The zero-order valence-corrected chi connectivity index (χ0v) is 11.7. The summed E-state index contributed by atoms with van der Waals surface area (Å²) in [6.07, 6.45) is 3.69. The van der Waals surface area contributed by atoms with Crippen LogP contribution in [0.25, 0.3) is 0 Å². The highest BCUT2D eigenvalue weighted by Crippen LogP contribution is 2.29. The Morgan fingerprint density at radius 2 is 2.28 bits per heavy atom. The molecule has 0 aliphatic carbocycles. The van der Waals surface area contributed by atoms with E-state index >= 15 is 0 Å². The lowest BCUT2D eigenvalue weighted by atomic mass is 10.2. The van der Waals surface area contributed by atoms with Crippen LogP contribution in [0.3, 0.4) is 0 Å². The summed E-state index contributed by atoms with van der Waals surface area (Å²) in [6.45, 7) is 3.20. The van der Waals surface area contributed by atoms with Gasteiger partial charge in [-0.05, 0) is 28.9 Å². The summed E-state index contributed by atoms with van der Waals surface area (Å²) in [6, 6.07) is 5.63. The Kier molecular flexibility index (Phi) is 4.38. The maximum Gasteiger partial charge on any atom is 0.139 e. The van der Waals surface area contributed by atoms with E-state index in [2.05, 4.69) is 20.9 Å². The van der Waals surface area contributed by atoms with E-state index < -0.39 is 0 Å². The van der Waals surface area contributed by atoms with E-state index in [1.54, 1.807) is 6.20 Å². The molecule has 0 aliphatic rings.